The number of anilines is 4. The highest BCUT2D eigenvalue weighted by molar-refractivity contribution is 6.04. The molecule has 3 aromatic rings. The molecule has 0 spiro atoms. The molecule has 0 saturated heterocycles. The quantitative estimate of drug-likeness (QED) is 0.625. The number of nitrogens with one attached hydrogen (secondary N) is 3. The number of aromatic nitrogens is 2. The third-order valence-electron chi connectivity index (χ3n) is 4.02. The van der Waals surface area contributed by atoms with E-state index in [0.29, 0.717) is 22.9 Å². The summed E-state index contributed by atoms with van der Waals surface area (Å²) in [5.41, 5.74) is 4.76. The van der Waals surface area contributed by atoms with Crippen molar-refractivity contribution < 1.29 is 9.59 Å². The van der Waals surface area contributed by atoms with Gasteiger partial charge < -0.3 is 16.0 Å². The number of nitrogens with zero attached hydrogens (tertiary/aromatic N) is 2. The van der Waals surface area contributed by atoms with E-state index in [2.05, 4.69) is 25.9 Å². The molecule has 28 heavy (non-hydrogen) atoms. The standard InChI is InChI=1S/C21H21N5O2/c1-13-4-5-14(2)19(10-13)26-21-22-11-16(12-23-21)20(28)25-18-8-6-17(7-9-18)24-15(3)27/h4-12H,1-3H3,(H,24,27)(H,25,28)(H,22,23,26). The van der Waals surface area contributed by atoms with Gasteiger partial charge in [-0.05, 0) is 55.3 Å². The number of amides is 2. The predicted molar refractivity (Wildman–Crippen MR) is 110 cm³/mol. The lowest BCUT2D eigenvalue weighted by molar-refractivity contribution is -0.114. The molecule has 0 fully saturated rings. The van der Waals surface area contributed by atoms with Gasteiger partial charge in [0, 0.05) is 36.4 Å². The molecule has 0 aliphatic heterocycles. The molecule has 0 aliphatic rings. The average Bonchev–Trinajstić information content (AvgIpc) is 2.66. The summed E-state index contributed by atoms with van der Waals surface area (Å²) < 4.78 is 0. The third-order valence-corrected chi connectivity index (χ3v) is 4.02. The molecule has 0 radical (unpaired) electrons. The first-order valence-corrected chi connectivity index (χ1v) is 8.76. The summed E-state index contributed by atoms with van der Waals surface area (Å²) in [4.78, 5) is 31.9. The monoisotopic (exact) mass is 375 g/mol. The summed E-state index contributed by atoms with van der Waals surface area (Å²) in [6.45, 7) is 5.46. The van der Waals surface area contributed by atoms with Crippen LogP contribution in [0.3, 0.4) is 0 Å². The van der Waals surface area contributed by atoms with Crippen molar-refractivity contribution in [1.82, 2.24) is 9.97 Å². The SMILES string of the molecule is CC(=O)Nc1ccc(NC(=O)c2cnc(Nc3cc(C)ccc3C)nc2)cc1. The van der Waals surface area contributed by atoms with Gasteiger partial charge in [-0.15, -0.1) is 0 Å². The highest BCUT2D eigenvalue weighted by Crippen LogP contribution is 2.20. The maximum atomic E-state index is 12.4. The summed E-state index contributed by atoms with van der Waals surface area (Å²) in [5, 5.41) is 8.61. The van der Waals surface area contributed by atoms with Gasteiger partial charge in [0.1, 0.15) is 0 Å². The predicted octanol–water partition coefficient (Wildman–Crippen LogP) is 4.05. The molecule has 2 aromatic carbocycles. The summed E-state index contributed by atoms with van der Waals surface area (Å²) in [5.74, 6) is -0.0426. The number of aryl methyl sites for hydroxylation is 2. The first-order valence-electron chi connectivity index (χ1n) is 8.76. The molecular weight excluding hydrogens is 354 g/mol. The number of hydrogen-bond acceptors (Lipinski definition) is 5. The minimum absolute atomic E-state index is 0.150. The Hall–Kier alpha value is -3.74. The van der Waals surface area contributed by atoms with E-state index < -0.39 is 0 Å². The molecule has 0 aliphatic carbocycles. The smallest absolute Gasteiger partial charge is 0.258 e. The van der Waals surface area contributed by atoms with Gasteiger partial charge in [0.2, 0.25) is 11.9 Å². The van der Waals surface area contributed by atoms with Gasteiger partial charge in [-0.2, -0.15) is 0 Å². The first kappa shape index (κ1) is 19.0. The fraction of sp³-hybridized carbons (Fsp3) is 0.143. The molecule has 0 atom stereocenters. The maximum Gasteiger partial charge on any atom is 0.258 e. The van der Waals surface area contributed by atoms with E-state index >= 15 is 0 Å². The number of benzene rings is 2. The van der Waals surface area contributed by atoms with E-state index in [-0.39, 0.29) is 11.8 Å². The van der Waals surface area contributed by atoms with E-state index in [1.54, 1.807) is 24.3 Å². The Morgan fingerprint density at radius 2 is 1.46 bits per heavy atom. The highest BCUT2D eigenvalue weighted by Gasteiger charge is 2.09. The fourth-order valence-corrected chi connectivity index (χ4v) is 2.54. The Morgan fingerprint density at radius 3 is 2.07 bits per heavy atom. The molecule has 1 aromatic heterocycles. The molecule has 0 saturated carbocycles. The third kappa shape index (κ3) is 4.91. The number of rotatable bonds is 5. The van der Waals surface area contributed by atoms with Crippen molar-refractivity contribution in [2.45, 2.75) is 20.8 Å². The summed E-state index contributed by atoms with van der Waals surface area (Å²) in [7, 11) is 0. The van der Waals surface area contributed by atoms with Gasteiger partial charge in [0.05, 0.1) is 5.56 Å². The lowest BCUT2D eigenvalue weighted by Crippen LogP contribution is -2.13. The fourth-order valence-electron chi connectivity index (χ4n) is 2.54. The first-order chi connectivity index (χ1) is 13.4. The zero-order valence-corrected chi connectivity index (χ0v) is 15.9. The zero-order chi connectivity index (χ0) is 20.1. The molecule has 7 heteroatoms. The van der Waals surface area contributed by atoms with Crippen molar-refractivity contribution in [3.05, 3.63) is 71.5 Å². The van der Waals surface area contributed by atoms with E-state index in [9.17, 15) is 9.59 Å². The van der Waals surface area contributed by atoms with Crippen LogP contribution in [-0.4, -0.2) is 21.8 Å². The van der Waals surface area contributed by atoms with Gasteiger partial charge >= 0.3 is 0 Å². The lowest BCUT2D eigenvalue weighted by Gasteiger charge is -2.10. The Balaban J connectivity index is 1.65. The van der Waals surface area contributed by atoms with Gasteiger partial charge in [-0.3, -0.25) is 9.59 Å². The zero-order valence-electron chi connectivity index (χ0n) is 15.9. The minimum Gasteiger partial charge on any atom is -0.326 e. The van der Waals surface area contributed by atoms with E-state index in [0.717, 1.165) is 16.8 Å². The molecule has 1 heterocycles. The van der Waals surface area contributed by atoms with Crippen molar-refractivity contribution in [2.24, 2.45) is 0 Å². The maximum absolute atomic E-state index is 12.4. The highest BCUT2D eigenvalue weighted by atomic mass is 16.2. The Bertz CT molecular complexity index is 998. The van der Waals surface area contributed by atoms with Crippen molar-refractivity contribution in [2.75, 3.05) is 16.0 Å². The number of hydrogen-bond donors (Lipinski definition) is 3. The van der Waals surface area contributed by atoms with Crippen molar-refractivity contribution in [3.8, 4) is 0 Å². The molecule has 3 rings (SSSR count). The van der Waals surface area contributed by atoms with Gasteiger partial charge in [0.25, 0.3) is 5.91 Å². The molecule has 7 nitrogen and oxygen atoms in total. The van der Waals surface area contributed by atoms with Crippen LogP contribution in [-0.2, 0) is 4.79 Å². The van der Waals surface area contributed by atoms with Crippen LogP contribution in [0, 0.1) is 13.8 Å². The normalized spacial score (nSPS) is 10.2. The van der Waals surface area contributed by atoms with Crippen LogP contribution < -0.4 is 16.0 Å². The summed E-state index contributed by atoms with van der Waals surface area (Å²) in [6, 6.07) is 12.9. The average molecular weight is 375 g/mol. The second-order valence-electron chi connectivity index (χ2n) is 6.45. The minimum atomic E-state index is -0.314. The lowest BCUT2D eigenvalue weighted by atomic mass is 10.1. The van der Waals surface area contributed by atoms with Crippen molar-refractivity contribution in [3.63, 3.8) is 0 Å². The molecule has 3 N–H and O–H groups in total. The largest absolute Gasteiger partial charge is 0.326 e. The van der Waals surface area contributed by atoms with Gasteiger partial charge in [0.15, 0.2) is 0 Å². The Labute approximate surface area is 163 Å². The summed E-state index contributed by atoms with van der Waals surface area (Å²) >= 11 is 0. The van der Waals surface area contributed by atoms with Crippen molar-refractivity contribution >= 4 is 34.8 Å². The van der Waals surface area contributed by atoms with Crippen LogP contribution in [0.4, 0.5) is 23.0 Å². The van der Waals surface area contributed by atoms with Gasteiger partial charge in [-0.1, -0.05) is 12.1 Å². The Morgan fingerprint density at radius 1 is 0.857 bits per heavy atom. The molecule has 0 unspecified atom stereocenters. The second kappa shape index (κ2) is 8.30. The molecule has 142 valence electrons. The van der Waals surface area contributed by atoms with Crippen molar-refractivity contribution in [1.29, 1.82) is 0 Å². The van der Waals surface area contributed by atoms with Crippen LogP contribution >= 0.6 is 0 Å². The van der Waals surface area contributed by atoms with Crippen LogP contribution in [0.15, 0.2) is 54.9 Å². The van der Waals surface area contributed by atoms with E-state index in [1.165, 1.54) is 19.3 Å². The second-order valence-corrected chi connectivity index (χ2v) is 6.45. The molecular formula is C21H21N5O2. The summed E-state index contributed by atoms with van der Waals surface area (Å²) in [6.07, 6.45) is 2.95. The van der Waals surface area contributed by atoms with E-state index in [1.807, 2.05) is 32.0 Å². The van der Waals surface area contributed by atoms with Crippen LogP contribution in [0.1, 0.15) is 28.4 Å². The molecule has 0 bridgehead atoms. The van der Waals surface area contributed by atoms with Crippen LogP contribution in [0.5, 0.6) is 0 Å². The van der Waals surface area contributed by atoms with Gasteiger partial charge in [-0.25, -0.2) is 9.97 Å². The number of carbonyl (C=O) groups excluding carboxylic acids is 2. The van der Waals surface area contributed by atoms with E-state index in [4.69, 9.17) is 0 Å². The van der Waals surface area contributed by atoms with Crippen LogP contribution in [0.2, 0.25) is 0 Å². The molecule has 2 amide bonds. The number of carbonyl (C=O) groups is 2. The topological polar surface area (TPSA) is 96.0 Å². The Kier molecular flexibility index (Phi) is 5.64. The van der Waals surface area contributed by atoms with Crippen LogP contribution in [0.25, 0.3) is 0 Å².